The molecule has 0 aliphatic rings. The Bertz CT molecular complexity index is 517. The molecule has 100 valence electrons. The molecule has 0 fully saturated rings. The third-order valence-electron chi connectivity index (χ3n) is 2.89. The summed E-state index contributed by atoms with van der Waals surface area (Å²) in [5, 5.41) is 0. The lowest BCUT2D eigenvalue weighted by molar-refractivity contribution is 0.0255. The largest absolute Gasteiger partial charge is 0.367 e. The van der Waals surface area contributed by atoms with Crippen molar-refractivity contribution in [3.63, 3.8) is 0 Å². The molecule has 2 rings (SSSR count). The quantitative estimate of drug-likeness (QED) is 0.917. The van der Waals surface area contributed by atoms with Gasteiger partial charge in [0.25, 0.3) is 0 Å². The molecule has 1 aromatic heterocycles. The molecule has 0 saturated heterocycles. The van der Waals surface area contributed by atoms with Crippen molar-refractivity contribution in [2.75, 3.05) is 0 Å². The number of benzene rings is 1. The second-order valence-corrected chi connectivity index (χ2v) is 5.32. The van der Waals surface area contributed by atoms with Crippen molar-refractivity contribution in [1.29, 1.82) is 0 Å². The first-order valence-electron chi connectivity index (χ1n) is 6.19. The van der Waals surface area contributed by atoms with E-state index in [9.17, 15) is 0 Å². The fraction of sp³-hybridized carbons (Fsp3) is 0.267. The number of aromatic nitrogens is 1. The second-order valence-electron chi connectivity index (χ2n) is 4.46. The van der Waals surface area contributed by atoms with Crippen molar-refractivity contribution in [1.82, 2.24) is 4.98 Å². The monoisotopic (exact) mass is 320 g/mol. The average molecular weight is 321 g/mol. The molecule has 2 N–H and O–H groups in total. The van der Waals surface area contributed by atoms with Crippen molar-refractivity contribution >= 4 is 15.9 Å². The van der Waals surface area contributed by atoms with Crippen LogP contribution >= 0.6 is 15.9 Å². The Balaban J connectivity index is 2.09. The molecule has 0 saturated carbocycles. The fourth-order valence-electron chi connectivity index (χ4n) is 1.90. The predicted octanol–water partition coefficient (Wildman–Crippen LogP) is 3.45. The third-order valence-corrected chi connectivity index (χ3v) is 3.66. The molecular formula is C15H17BrN2O. The van der Waals surface area contributed by atoms with Crippen LogP contribution in [0.3, 0.4) is 0 Å². The minimum absolute atomic E-state index is 0.0788. The molecule has 1 heterocycles. The van der Waals surface area contributed by atoms with Gasteiger partial charge in [0.1, 0.15) is 0 Å². The van der Waals surface area contributed by atoms with E-state index in [0.29, 0.717) is 6.61 Å². The second kappa shape index (κ2) is 6.80. The first-order valence-corrected chi connectivity index (χ1v) is 6.98. The van der Waals surface area contributed by atoms with Crippen LogP contribution in [0, 0.1) is 0 Å². The SMILES string of the molecule is CC(N)C(OCc1ccccc1Br)c1ccncc1. The number of halogens is 1. The molecular weight excluding hydrogens is 304 g/mol. The van der Waals surface area contributed by atoms with E-state index in [1.165, 1.54) is 0 Å². The van der Waals surface area contributed by atoms with Gasteiger partial charge in [-0.25, -0.2) is 0 Å². The lowest BCUT2D eigenvalue weighted by Gasteiger charge is -2.22. The van der Waals surface area contributed by atoms with Crippen LogP contribution in [0.25, 0.3) is 0 Å². The Labute approximate surface area is 121 Å². The van der Waals surface area contributed by atoms with E-state index in [-0.39, 0.29) is 12.1 Å². The van der Waals surface area contributed by atoms with E-state index in [1.54, 1.807) is 12.4 Å². The minimum atomic E-state index is -0.130. The zero-order chi connectivity index (χ0) is 13.7. The van der Waals surface area contributed by atoms with E-state index in [1.807, 2.05) is 43.3 Å². The van der Waals surface area contributed by atoms with Gasteiger partial charge in [-0.1, -0.05) is 34.1 Å². The van der Waals surface area contributed by atoms with Crippen molar-refractivity contribution in [3.8, 4) is 0 Å². The van der Waals surface area contributed by atoms with Gasteiger partial charge in [0.2, 0.25) is 0 Å². The van der Waals surface area contributed by atoms with Gasteiger partial charge >= 0.3 is 0 Å². The zero-order valence-corrected chi connectivity index (χ0v) is 12.4. The Morgan fingerprint density at radius 2 is 1.89 bits per heavy atom. The van der Waals surface area contributed by atoms with Gasteiger partial charge < -0.3 is 10.5 Å². The van der Waals surface area contributed by atoms with Crippen LogP contribution in [0.1, 0.15) is 24.2 Å². The van der Waals surface area contributed by atoms with Gasteiger partial charge in [-0.15, -0.1) is 0 Å². The maximum Gasteiger partial charge on any atom is 0.0978 e. The van der Waals surface area contributed by atoms with Crippen LogP contribution < -0.4 is 5.73 Å². The van der Waals surface area contributed by atoms with Gasteiger partial charge in [-0.2, -0.15) is 0 Å². The molecule has 4 heteroatoms. The maximum atomic E-state index is 6.01. The van der Waals surface area contributed by atoms with Gasteiger partial charge in [0.05, 0.1) is 12.7 Å². The third kappa shape index (κ3) is 3.86. The molecule has 3 nitrogen and oxygen atoms in total. The molecule has 0 amide bonds. The number of pyridine rings is 1. The van der Waals surface area contributed by atoms with Gasteiger partial charge in [-0.05, 0) is 36.2 Å². The molecule has 2 unspecified atom stereocenters. The maximum absolute atomic E-state index is 6.01. The summed E-state index contributed by atoms with van der Waals surface area (Å²) in [6.45, 7) is 2.47. The highest BCUT2D eigenvalue weighted by molar-refractivity contribution is 9.10. The normalized spacial score (nSPS) is 14.1. The van der Waals surface area contributed by atoms with E-state index in [0.717, 1.165) is 15.6 Å². The molecule has 2 aromatic rings. The van der Waals surface area contributed by atoms with Crippen LogP contribution in [0.2, 0.25) is 0 Å². The molecule has 19 heavy (non-hydrogen) atoms. The molecule has 0 radical (unpaired) electrons. The van der Waals surface area contributed by atoms with Crippen LogP contribution in [-0.4, -0.2) is 11.0 Å². The molecule has 1 aromatic carbocycles. The summed E-state index contributed by atoms with van der Waals surface area (Å²) >= 11 is 3.52. The van der Waals surface area contributed by atoms with Crippen molar-refractivity contribution in [2.24, 2.45) is 5.73 Å². The highest BCUT2D eigenvalue weighted by Crippen LogP contribution is 2.24. The number of hydrogen-bond donors (Lipinski definition) is 1. The Hall–Kier alpha value is -1.23. The molecule has 2 atom stereocenters. The zero-order valence-electron chi connectivity index (χ0n) is 10.8. The molecule has 0 spiro atoms. The van der Waals surface area contributed by atoms with Gasteiger partial charge in [0.15, 0.2) is 0 Å². The first-order chi connectivity index (χ1) is 9.18. The molecule has 0 aliphatic heterocycles. The van der Waals surface area contributed by atoms with Crippen LogP contribution in [0.4, 0.5) is 0 Å². The van der Waals surface area contributed by atoms with Crippen LogP contribution in [0.5, 0.6) is 0 Å². The van der Waals surface area contributed by atoms with Gasteiger partial charge in [0, 0.05) is 22.9 Å². The highest BCUT2D eigenvalue weighted by Gasteiger charge is 2.17. The number of ether oxygens (including phenoxy) is 1. The Morgan fingerprint density at radius 3 is 2.53 bits per heavy atom. The number of nitrogens with two attached hydrogens (primary N) is 1. The minimum Gasteiger partial charge on any atom is -0.367 e. The lowest BCUT2D eigenvalue weighted by atomic mass is 10.1. The number of hydrogen-bond acceptors (Lipinski definition) is 3. The summed E-state index contributed by atoms with van der Waals surface area (Å²) < 4.78 is 7.02. The number of nitrogens with zero attached hydrogens (tertiary/aromatic N) is 1. The lowest BCUT2D eigenvalue weighted by Crippen LogP contribution is -2.27. The Morgan fingerprint density at radius 1 is 1.21 bits per heavy atom. The van der Waals surface area contributed by atoms with Crippen molar-refractivity contribution < 1.29 is 4.74 Å². The van der Waals surface area contributed by atoms with E-state index in [2.05, 4.69) is 20.9 Å². The molecule has 0 aliphatic carbocycles. The fourth-order valence-corrected chi connectivity index (χ4v) is 2.30. The highest BCUT2D eigenvalue weighted by atomic mass is 79.9. The smallest absolute Gasteiger partial charge is 0.0978 e. The summed E-state index contributed by atoms with van der Waals surface area (Å²) in [5.74, 6) is 0. The van der Waals surface area contributed by atoms with Crippen molar-refractivity contribution in [2.45, 2.75) is 25.7 Å². The molecule has 0 bridgehead atoms. The standard InChI is InChI=1S/C15H17BrN2O/c1-11(17)15(12-6-8-18-9-7-12)19-10-13-4-2-3-5-14(13)16/h2-9,11,15H,10,17H2,1H3. The predicted molar refractivity (Wildman–Crippen MR) is 79.6 cm³/mol. The number of rotatable bonds is 5. The van der Waals surface area contributed by atoms with E-state index >= 15 is 0 Å². The van der Waals surface area contributed by atoms with E-state index in [4.69, 9.17) is 10.5 Å². The topological polar surface area (TPSA) is 48.1 Å². The van der Waals surface area contributed by atoms with E-state index < -0.39 is 0 Å². The van der Waals surface area contributed by atoms with Gasteiger partial charge in [-0.3, -0.25) is 4.98 Å². The summed E-state index contributed by atoms with van der Waals surface area (Å²) in [4.78, 5) is 4.02. The average Bonchev–Trinajstić information content (AvgIpc) is 2.42. The summed E-state index contributed by atoms with van der Waals surface area (Å²) in [7, 11) is 0. The first kappa shape index (κ1) is 14.2. The van der Waals surface area contributed by atoms with Crippen molar-refractivity contribution in [3.05, 3.63) is 64.4 Å². The van der Waals surface area contributed by atoms with Crippen LogP contribution in [0.15, 0.2) is 53.3 Å². The Kier molecular flexibility index (Phi) is 5.07. The van der Waals surface area contributed by atoms with Crippen LogP contribution in [-0.2, 0) is 11.3 Å². The summed E-state index contributed by atoms with van der Waals surface area (Å²) in [6.07, 6.45) is 3.38. The summed E-state index contributed by atoms with van der Waals surface area (Å²) in [5.41, 5.74) is 8.18. The summed E-state index contributed by atoms with van der Waals surface area (Å²) in [6, 6.07) is 11.8.